The van der Waals surface area contributed by atoms with Crippen molar-refractivity contribution in [3.63, 3.8) is 0 Å². The number of ether oxygens (including phenoxy) is 4. The van der Waals surface area contributed by atoms with Crippen molar-refractivity contribution in [1.29, 1.82) is 0 Å². The van der Waals surface area contributed by atoms with E-state index in [0.717, 1.165) is 5.56 Å². The first kappa shape index (κ1) is 26.6. The Labute approximate surface area is 198 Å². The predicted octanol–water partition coefficient (Wildman–Crippen LogP) is 3.30. The molecule has 1 heterocycles. The molecule has 10 heteroatoms. The van der Waals surface area contributed by atoms with Crippen molar-refractivity contribution in [1.82, 2.24) is 4.57 Å². The minimum absolute atomic E-state index is 0.0171. The van der Waals surface area contributed by atoms with Crippen molar-refractivity contribution in [2.24, 2.45) is 0 Å². The van der Waals surface area contributed by atoms with Gasteiger partial charge in [-0.25, -0.2) is 9.59 Å². The average molecular weight is 475 g/mol. The number of rotatable bonds is 13. The van der Waals surface area contributed by atoms with Gasteiger partial charge in [-0.05, 0) is 26.3 Å². The molecule has 0 unspecified atom stereocenters. The second kappa shape index (κ2) is 13.8. The molecule has 0 radical (unpaired) electrons. The van der Waals surface area contributed by atoms with Gasteiger partial charge in [0.1, 0.15) is 18.1 Å². The number of benzene rings is 1. The normalized spacial score (nSPS) is 10.4. The monoisotopic (exact) mass is 474 g/mol. The summed E-state index contributed by atoms with van der Waals surface area (Å²) in [6.07, 6.45) is 1.06. The zero-order valence-electron chi connectivity index (χ0n) is 19.6. The van der Waals surface area contributed by atoms with Crippen LogP contribution < -0.4 is 5.32 Å². The molecular weight excluding hydrogens is 444 g/mol. The number of carbonyl (C=O) groups excluding carboxylic acids is 4. The third kappa shape index (κ3) is 7.73. The number of esters is 3. The Hall–Kier alpha value is -3.66. The molecule has 1 aromatic heterocycles. The predicted molar refractivity (Wildman–Crippen MR) is 122 cm³/mol. The molecule has 10 nitrogen and oxygen atoms in total. The molecule has 34 heavy (non-hydrogen) atoms. The molecule has 1 N–H and O–H groups in total. The topological polar surface area (TPSA) is 122 Å². The van der Waals surface area contributed by atoms with Crippen molar-refractivity contribution in [2.45, 2.75) is 47.0 Å². The van der Waals surface area contributed by atoms with Crippen LogP contribution in [0.25, 0.3) is 0 Å². The molecular formula is C24H30N2O8. The summed E-state index contributed by atoms with van der Waals surface area (Å²) in [6.45, 7) is 5.48. The van der Waals surface area contributed by atoms with E-state index < -0.39 is 23.8 Å². The number of anilines is 1. The third-order valence-electron chi connectivity index (χ3n) is 4.51. The number of nitrogens with one attached hydrogen (secondary N) is 1. The van der Waals surface area contributed by atoms with E-state index in [1.54, 1.807) is 20.8 Å². The van der Waals surface area contributed by atoms with Gasteiger partial charge in [-0.1, -0.05) is 30.3 Å². The van der Waals surface area contributed by atoms with Gasteiger partial charge in [-0.3, -0.25) is 9.59 Å². The molecule has 0 fully saturated rings. The zero-order valence-corrected chi connectivity index (χ0v) is 19.6. The van der Waals surface area contributed by atoms with Gasteiger partial charge >= 0.3 is 17.9 Å². The highest BCUT2D eigenvalue weighted by Gasteiger charge is 2.29. The minimum atomic E-state index is -0.798. The van der Waals surface area contributed by atoms with Gasteiger partial charge in [0, 0.05) is 12.6 Å². The quantitative estimate of drug-likeness (QED) is 0.347. The van der Waals surface area contributed by atoms with Gasteiger partial charge in [-0.2, -0.15) is 0 Å². The molecule has 0 aliphatic heterocycles. The number of amides is 1. The van der Waals surface area contributed by atoms with Crippen LogP contribution in [0.2, 0.25) is 0 Å². The van der Waals surface area contributed by atoms with E-state index in [0.29, 0.717) is 0 Å². The molecule has 184 valence electrons. The van der Waals surface area contributed by atoms with Crippen molar-refractivity contribution < 1.29 is 38.1 Å². The zero-order chi connectivity index (χ0) is 24.9. The largest absolute Gasteiger partial charge is 0.466 e. The maximum atomic E-state index is 12.7. The molecule has 1 aromatic carbocycles. The van der Waals surface area contributed by atoms with Crippen molar-refractivity contribution in [3.8, 4) is 0 Å². The molecule has 0 aliphatic carbocycles. The van der Waals surface area contributed by atoms with E-state index in [1.165, 1.54) is 10.8 Å². The molecule has 0 bridgehead atoms. The van der Waals surface area contributed by atoms with Crippen LogP contribution in [0, 0.1) is 0 Å². The summed E-state index contributed by atoms with van der Waals surface area (Å²) >= 11 is 0. The molecule has 2 rings (SSSR count). The fourth-order valence-electron chi connectivity index (χ4n) is 3.05. The standard InChI is InChI=1S/C24H30N2O8/c1-4-32-20(28)13-12-19(27)25-22-21(24(30)34-6-3)18(23(29)33-5-2)14-26(22)16-31-15-17-10-8-7-9-11-17/h7-11,14H,4-6,12-13,15-16H2,1-3H3,(H,25,27). The van der Waals surface area contributed by atoms with Crippen molar-refractivity contribution in [3.05, 3.63) is 53.2 Å². The fourth-order valence-corrected chi connectivity index (χ4v) is 3.05. The first-order valence-electron chi connectivity index (χ1n) is 11.1. The maximum absolute atomic E-state index is 12.7. The van der Waals surface area contributed by atoms with Crippen LogP contribution in [0.1, 0.15) is 59.9 Å². The van der Waals surface area contributed by atoms with Gasteiger partial charge in [0.05, 0.1) is 38.4 Å². The van der Waals surface area contributed by atoms with E-state index >= 15 is 0 Å². The van der Waals surface area contributed by atoms with Crippen LogP contribution in [-0.2, 0) is 41.9 Å². The fraction of sp³-hybridized carbons (Fsp3) is 0.417. The Morgan fingerprint density at radius 1 is 0.853 bits per heavy atom. The van der Waals surface area contributed by atoms with E-state index in [4.69, 9.17) is 18.9 Å². The van der Waals surface area contributed by atoms with Crippen LogP contribution in [0.5, 0.6) is 0 Å². The first-order valence-corrected chi connectivity index (χ1v) is 11.1. The van der Waals surface area contributed by atoms with Gasteiger partial charge < -0.3 is 28.8 Å². The first-order chi connectivity index (χ1) is 16.4. The Morgan fingerprint density at radius 2 is 1.50 bits per heavy atom. The van der Waals surface area contributed by atoms with Gasteiger partial charge in [0.25, 0.3) is 0 Å². The number of nitrogens with zero attached hydrogens (tertiary/aromatic N) is 1. The summed E-state index contributed by atoms with van der Waals surface area (Å²) in [6, 6.07) is 9.42. The Bertz CT molecular complexity index is 984. The third-order valence-corrected chi connectivity index (χ3v) is 4.51. The number of carbonyl (C=O) groups is 4. The molecule has 0 saturated heterocycles. The molecule has 1 amide bonds. The van der Waals surface area contributed by atoms with Crippen LogP contribution in [-0.4, -0.2) is 48.2 Å². The molecule has 0 atom stereocenters. The summed E-state index contributed by atoms with van der Waals surface area (Å²) in [7, 11) is 0. The summed E-state index contributed by atoms with van der Waals surface area (Å²) in [4.78, 5) is 49.4. The van der Waals surface area contributed by atoms with E-state index in [2.05, 4.69) is 5.32 Å². The lowest BCUT2D eigenvalue weighted by atomic mass is 10.2. The number of aromatic nitrogens is 1. The summed E-state index contributed by atoms with van der Waals surface area (Å²) < 4.78 is 22.2. The lowest BCUT2D eigenvalue weighted by molar-refractivity contribution is -0.144. The SMILES string of the molecule is CCOC(=O)CCC(=O)Nc1c(C(=O)OCC)c(C(=O)OCC)cn1COCc1ccccc1. The molecule has 0 spiro atoms. The summed E-state index contributed by atoms with van der Waals surface area (Å²) in [5.74, 6) is -2.58. The summed E-state index contributed by atoms with van der Waals surface area (Å²) in [5, 5.41) is 2.61. The van der Waals surface area contributed by atoms with Gasteiger partial charge in [-0.15, -0.1) is 0 Å². The van der Waals surface area contributed by atoms with Gasteiger partial charge in [0.2, 0.25) is 5.91 Å². The van der Waals surface area contributed by atoms with Crippen LogP contribution >= 0.6 is 0 Å². The second-order valence-electron chi connectivity index (χ2n) is 6.99. The van der Waals surface area contributed by atoms with E-state index in [9.17, 15) is 19.2 Å². The Morgan fingerprint density at radius 3 is 2.15 bits per heavy atom. The molecule has 0 saturated carbocycles. The highest BCUT2D eigenvalue weighted by Crippen LogP contribution is 2.26. The van der Waals surface area contributed by atoms with Crippen LogP contribution in [0.4, 0.5) is 5.82 Å². The molecule has 2 aromatic rings. The Balaban J connectivity index is 2.33. The van der Waals surface area contributed by atoms with E-state index in [1.807, 2.05) is 30.3 Å². The van der Waals surface area contributed by atoms with Crippen molar-refractivity contribution in [2.75, 3.05) is 25.1 Å². The maximum Gasteiger partial charge on any atom is 0.342 e. The minimum Gasteiger partial charge on any atom is -0.466 e. The lowest BCUT2D eigenvalue weighted by Gasteiger charge is -2.13. The van der Waals surface area contributed by atoms with Crippen LogP contribution in [0.3, 0.4) is 0 Å². The summed E-state index contributed by atoms with van der Waals surface area (Å²) in [5.41, 5.74) is 0.711. The van der Waals surface area contributed by atoms with Crippen molar-refractivity contribution >= 4 is 29.6 Å². The Kier molecular flexibility index (Phi) is 10.8. The average Bonchev–Trinajstić information content (AvgIpc) is 3.17. The molecule has 0 aliphatic rings. The smallest absolute Gasteiger partial charge is 0.342 e. The van der Waals surface area contributed by atoms with Gasteiger partial charge in [0.15, 0.2) is 0 Å². The number of hydrogen-bond donors (Lipinski definition) is 1. The highest BCUT2D eigenvalue weighted by molar-refractivity contribution is 6.09. The second-order valence-corrected chi connectivity index (χ2v) is 6.99. The lowest BCUT2D eigenvalue weighted by Crippen LogP contribution is -2.20. The van der Waals surface area contributed by atoms with Crippen LogP contribution in [0.15, 0.2) is 36.5 Å². The van der Waals surface area contributed by atoms with E-state index in [-0.39, 0.29) is 62.9 Å². The number of hydrogen-bond acceptors (Lipinski definition) is 8. The highest BCUT2D eigenvalue weighted by atomic mass is 16.5.